The molecule has 0 aliphatic heterocycles. The number of nitrogens with one attached hydrogen (secondary N) is 1. The number of carbonyl (C=O) groups is 1. The molecule has 0 bridgehead atoms. The van der Waals surface area contributed by atoms with Gasteiger partial charge in [-0.2, -0.15) is 5.10 Å². The van der Waals surface area contributed by atoms with E-state index < -0.39 is 0 Å². The van der Waals surface area contributed by atoms with E-state index >= 15 is 0 Å². The van der Waals surface area contributed by atoms with Crippen LogP contribution in [0.1, 0.15) is 13.3 Å². The number of aromatic nitrogens is 3. The van der Waals surface area contributed by atoms with E-state index in [4.69, 9.17) is 0 Å². The maximum Gasteiger partial charge on any atom is 0.223 e. The first kappa shape index (κ1) is 16.0. The summed E-state index contributed by atoms with van der Waals surface area (Å²) in [6, 6.07) is 8.14. The van der Waals surface area contributed by atoms with E-state index in [9.17, 15) is 4.79 Å². The van der Waals surface area contributed by atoms with Gasteiger partial charge < -0.3 is 5.32 Å². The van der Waals surface area contributed by atoms with Gasteiger partial charge in [0.05, 0.1) is 23.3 Å². The Hall–Kier alpha value is -2.47. The first-order chi connectivity index (χ1) is 12.2. The van der Waals surface area contributed by atoms with E-state index in [0.717, 1.165) is 23.2 Å². The minimum absolute atomic E-state index is 0.173. The SMILES string of the molecule is C[C@@H]1C[C@H]1C(=O)NCCn1ncc(-c2ccncc2)c1-c1cccs1. The summed E-state index contributed by atoms with van der Waals surface area (Å²) in [5.74, 6) is 0.915. The fraction of sp³-hybridized carbons (Fsp3) is 0.316. The maximum atomic E-state index is 12.0. The molecule has 0 spiro atoms. The summed E-state index contributed by atoms with van der Waals surface area (Å²) in [6.45, 7) is 3.37. The molecule has 6 heteroatoms. The molecule has 128 valence electrons. The van der Waals surface area contributed by atoms with Crippen LogP contribution in [0.25, 0.3) is 21.7 Å². The number of pyridine rings is 1. The Morgan fingerprint density at radius 2 is 2.16 bits per heavy atom. The number of hydrogen-bond donors (Lipinski definition) is 1. The lowest BCUT2D eigenvalue weighted by Gasteiger charge is -2.10. The Kier molecular flexibility index (Phi) is 4.36. The molecule has 2 atom stereocenters. The van der Waals surface area contributed by atoms with E-state index in [-0.39, 0.29) is 11.8 Å². The third-order valence-corrected chi connectivity index (χ3v) is 5.53. The van der Waals surface area contributed by atoms with Gasteiger partial charge in [-0.3, -0.25) is 14.5 Å². The van der Waals surface area contributed by atoms with Gasteiger partial charge in [0.25, 0.3) is 0 Å². The molecule has 0 aromatic carbocycles. The van der Waals surface area contributed by atoms with E-state index in [1.807, 2.05) is 29.1 Å². The molecule has 1 aliphatic carbocycles. The minimum atomic E-state index is 0.173. The van der Waals surface area contributed by atoms with E-state index in [1.54, 1.807) is 23.7 Å². The number of amides is 1. The quantitative estimate of drug-likeness (QED) is 0.739. The van der Waals surface area contributed by atoms with Crippen molar-refractivity contribution in [3.05, 3.63) is 48.2 Å². The van der Waals surface area contributed by atoms with Gasteiger partial charge in [-0.25, -0.2) is 0 Å². The predicted molar refractivity (Wildman–Crippen MR) is 99.1 cm³/mol. The van der Waals surface area contributed by atoms with Gasteiger partial charge in [-0.1, -0.05) is 13.0 Å². The van der Waals surface area contributed by atoms with Gasteiger partial charge in [0.2, 0.25) is 5.91 Å². The summed E-state index contributed by atoms with van der Waals surface area (Å²) in [6.07, 6.45) is 6.50. The summed E-state index contributed by atoms with van der Waals surface area (Å²) >= 11 is 1.69. The maximum absolute atomic E-state index is 12.0. The van der Waals surface area contributed by atoms with Crippen LogP contribution < -0.4 is 5.32 Å². The van der Waals surface area contributed by atoms with Crippen molar-refractivity contribution in [1.29, 1.82) is 0 Å². The lowest BCUT2D eigenvalue weighted by atomic mass is 10.1. The van der Waals surface area contributed by atoms with Gasteiger partial charge >= 0.3 is 0 Å². The van der Waals surface area contributed by atoms with Gasteiger partial charge in [0, 0.05) is 30.4 Å². The van der Waals surface area contributed by atoms with Gasteiger partial charge in [-0.15, -0.1) is 11.3 Å². The molecule has 5 nitrogen and oxygen atoms in total. The van der Waals surface area contributed by atoms with Crippen molar-refractivity contribution in [3.8, 4) is 21.7 Å². The van der Waals surface area contributed by atoms with Gasteiger partial charge in [0.15, 0.2) is 0 Å². The molecule has 0 saturated heterocycles. The second-order valence-corrected chi connectivity index (χ2v) is 7.40. The smallest absolute Gasteiger partial charge is 0.223 e. The van der Waals surface area contributed by atoms with Crippen LogP contribution in [-0.2, 0) is 11.3 Å². The highest BCUT2D eigenvalue weighted by Crippen LogP contribution is 2.37. The lowest BCUT2D eigenvalue weighted by molar-refractivity contribution is -0.122. The molecule has 4 rings (SSSR count). The van der Waals surface area contributed by atoms with Crippen molar-refractivity contribution in [2.24, 2.45) is 11.8 Å². The Balaban J connectivity index is 1.55. The molecule has 0 unspecified atom stereocenters. The van der Waals surface area contributed by atoms with E-state index in [2.05, 4.69) is 33.8 Å². The summed E-state index contributed by atoms with van der Waals surface area (Å²) in [5, 5.41) is 9.68. The molecule has 1 amide bonds. The zero-order valence-corrected chi connectivity index (χ0v) is 14.9. The second-order valence-electron chi connectivity index (χ2n) is 6.45. The molecule has 3 heterocycles. The molecular weight excluding hydrogens is 332 g/mol. The number of thiophene rings is 1. The van der Waals surface area contributed by atoms with Crippen molar-refractivity contribution in [2.45, 2.75) is 19.9 Å². The van der Waals surface area contributed by atoms with Gasteiger partial charge in [0.1, 0.15) is 0 Å². The Bertz CT molecular complexity index is 857. The monoisotopic (exact) mass is 352 g/mol. The molecule has 0 radical (unpaired) electrons. The number of rotatable bonds is 6. The van der Waals surface area contributed by atoms with Crippen LogP contribution in [0.2, 0.25) is 0 Å². The standard InChI is InChI=1S/C19H20N4OS/c1-13-11-15(13)19(24)21-8-9-23-18(17-3-2-10-25-17)16(12-22-23)14-4-6-20-7-5-14/h2-7,10,12-13,15H,8-9,11H2,1H3,(H,21,24)/t13-,15-/m1/s1. The Morgan fingerprint density at radius 1 is 1.36 bits per heavy atom. The van der Waals surface area contributed by atoms with Crippen LogP contribution in [0, 0.1) is 11.8 Å². The molecule has 3 aromatic heterocycles. The number of carbonyl (C=O) groups excluding carboxylic acids is 1. The fourth-order valence-electron chi connectivity index (χ4n) is 3.07. The molecule has 1 aliphatic rings. The second kappa shape index (κ2) is 6.80. The topological polar surface area (TPSA) is 59.8 Å². The average molecular weight is 352 g/mol. The Labute approximate surface area is 150 Å². The summed E-state index contributed by atoms with van der Waals surface area (Å²) in [5.41, 5.74) is 3.28. The lowest BCUT2D eigenvalue weighted by Crippen LogP contribution is -2.29. The van der Waals surface area contributed by atoms with Crippen LogP contribution >= 0.6 is 11.3 Å². The molecule has 3 aromatic rings. The van der Waals surface area contributed by atoms with E-state index in [1.165, 1.54) is 4.88 Å². The van der Waals surface area contributed by atoms with Crippen molar-refractivity contribution >= 4 is 17.2 Å². The molecular formula is C19H20N4OS. The average Bonchev–Trinajstić information content (AvgIpc) is 3.04. The fourth-order valence-corrected chi connectivity index (χ4v) is 3.86. The van der Waals surface area contributed by atoms with Crippen molar-refractivity contribution in [1.82, 2.24) is 20.1 Å². The van der Waals surface area contributed by atoms with Crippen LogP contribution in [0.3, 0.4) is 0 Å². The number of hydrogen-bond acceptors (Lipinski definition) is 4. The molecule has 1 saturated carbocycles. The molecule has 1 N–H and O–H groups in total. The number of nitrogens with zero attached hydrogens (tertiary/aromatic N) is 3. The summed E-state index contributed by atoms with van der Waals surface area (Å²) in [4.78, 5) is 17.3. The van der Waals surface area contributed by atoms with Crippen LogP contribution in [0.4, 0.5) is 0 Å². The summed E-state index contributed by atoms with van der Waals surface area (Å²) < 4.78 is 1.98. The molecule has 1 fully saturated rings. The van der Waals surface area contributed by atoms with E-state index in [0.29, 0.717) is 19.0 Å². The van der Waals surface area contributed by atoms with Gasteiger partial charge in [-0.05, 0) is 41.5 Å². The van der Waals surface area contributed by atoms with Crippen LogP contribution in [0.15, 0.2) is 48.2 Å². The highest BCUT2D eigenvalue weighted by atomic mass is 32.1. The van der Waals surface area contributed by atoms with Crippen LogP contribution in [0.5, 0.6) is 0 Å². The normalized spacial score (nSPS) is 18.9. The minimum Gasteiger partial charge on any atom is -0.354 e. The first-order valence-corrected chi connectivity index (χ1v) is 9.40. The van der Waals surface area contributed by atoms with Crippen molar-refractivity contribution in [2.75, 3.05) is 6.54 Å². The molecule has 25 heavy (non-hydrogen) atoms. The van der Waals surface area contributed by atoms with Crippen LogP contribution in [-0.4, -0.2) is 27.2 Å². The largest absolute Gasteiger partial charge is 0.354 e. The zero-order chi connectivity index (χ0) is 17.2. The zero-order valence-electron chi connectivity index (χ0n) is 14.1. The summed E-state index contributed by atoms with van der Waals surface area (Å²) in [7, 11) is 0. The van der Waals surface area contributed by atoms with Crippen molar-refractivity contribution in [3.63, 3.8) is 0 Å². The van der Waals surface area contributed by atoms with Crippen molar-refractivity contribution < 1.29 is 4.79 Å². The Morgan fingerprint density at radius 3 is 2.84 bits per heavy atom. The highest BCUT2D eigenvalue weighted by molar-refractivity contribution is 7.13. The third-order valence-electron chi connectivity index (χ3n) is 4.65. The highest BCUT2D eigenvalue weighted by Gasteiger charge is 2.38. The predicted octanol–water partition coefficient (Wildman–Crippen LogP) is 3.45. The first-order valence-electron chi connectivity index (χ1n) is 8.52. The third kappa shape index (κ3) is 3.35.